The first-order chi connectivity index (χ1) is 8.15. The number of rotatable bonds is 3. The normalized spacial score (nSPS) is 17.9. The Bertz CT molecular complexity index is 458. The van der Waals surface area contributed by atoms with Gasteiger partial charge in [-0.1, -0.05) is 18.2 Å². The molecule has 0 saturated heterocycles. The molecule has 1 atom stereocenters. The second-order valence-electron chi connectivity index (χ2n) is 3.88. The van der Waals surface area contributed by atoms with E-state index in [0.29, 0.717) is 12.1 Å². The number of hydrogen-bond donors (Lipinski definition) is 1. The van der Waals surface area contributed by atoms with Crippen LogP contribution in [0.15, 0.2) is 24.3 Å². The summed E-state index contributed by atoms with van der Waals surface area (Å²) in [6.07, 6.45) is 0.348. The third kappa shape index (κ3) is 2.01. The summed E-state index contributed by atoms with van der Waals surface area (Å²) in [6.45, 7) is -0.113. The number of nitrogens with zero attached hydrogens (tertiary/aromatic N) is 1. The van der Waals surface area contributed by atoms with E-state index >= 15 is 0 Å². The third-order valence-corrected chi connectivity index (χ3v) is 2.80. The minimum Gasteiger partial charge on any atom is -0.480 e. The zero-order valence-corrected chi connectivity index (χ0v) is 9.42. The van der Waals surface area contributed by atoms with E-state index < -0.39 is 12.0 Å². The van der Waals surface area contributed by atoms with Crippen molar-refractivity contribution in [2.24, 2.45) is 0 Å². The molecule has 17 heavy (non-hydrogen) atoms. The van der Waals surface area contributed by atoms with E-state index in [1.54, 1.807) is 12.1 Å². The summed E-state index contributed by atoms with van der Waals surface area (Å²) in [4.78, 5) is 24.3. The molecule has 0 aromatic heterocycles. The first-order valence-corrected chi connectivity index (χ1v) is 5.27. The van der Waals surface area contributed by atoms with Gasteiger partial charge in [0, 0.05) is 19.2 Å². The van der Waals surface area contributed by atoms with Gasteiger partial charge >= 0.3 is 5.97 Å². The second-order valence-corrected chi connectivity index (χ2v) is 3.88. The third-order valence-electron chi connectivity index (χ3n) is 2.80. The maximum atomic E-state index is 11.9. The fourth-order valence-corrected chi connectivity index (χ4v) is 2.08. The Morgan fingerprint density at radius 2 is 2.18 bits per heavy atom. The highest BCUT2D eigenvalue weighted by atomic mass is 16.5. The van der Waals surface area contributed by atoms with Gasteiger partial charge in [-0.05, 0) is 11.6 Å². The molecule has 1 amide bonds. The lowest BCUT2D eigenvalue weighted by Gasteiger charge is -2.22. The van der Waals surface area contributed by atoms with Crippen molar-refractivity contribution in [1.82, 2.24) is 0 Å². The number of aliphatic carboxylic acids is 1. The zero-order chi connectivity index (χ0) is 12.4. The number of fused-ring (bicyclic) bond motifs is 1. The molecule has 1 heterocycles. The van der Waals surface area contributed by atoms with Crippen molar-refractivity contribution in [2.75, 3.05) is 18.6 Å². The number of carbonyl (C=O) groups excluding carboxylic acids is 1. The number of para-hydroxylation sites is 1. The molecule has 1 aliphatic rings. The van der Waals surface area contributed by atoms with Gasteiger partial charge in [0.25, 0.3) is 5.91 Å². The van der Waals surface area contributed by atoms with Crippen LogP contribution in [0.2, 0.25) is 0 Å². The Morgan fingerprint density at radius 1 is 1.47 bits per heavy atom. The summed E-state index contributed by atoms with van der Waals surface area (Å²) >= 11 is 0. The van der Waals surface area contributed by atoms with Crippen molar-refractivity contribution < 1.29 is 19.4 Å². The van der Waals surface area contributed by atoms with Gasteiger partial charge in [0.15, 0.2) is 0 Å². The van der Waals surface area contributed by atoms with Crippen LogP contribution in [0.5, 0.6) is 0 Å². The molecular weight excluding hydrogens is 222 g/mol. The number of benzene rings is 1. The van der Waals surface area contributed by atoms with Gasteiger partial charge in [-0.2, -0.15) is 0 Å². The molecule has 5 nitrogen and oxygen atoms in total. The Kier molecular flexibility index (Phi) is 3.10. The molecule has 1 aromatic carbocycles. The van der Waals surface area contributed by atoms with Crippen molar-refractivity contribution >= 4 is 17.6 Å². The van der Waals surface area contributed by atoms with E-state index in [9.17, 15) is 9.59 Å². The molecular formula is C12H13NO4. The van der Waals surface area contributed by atoms with Gasteiger partial charge in [0.2, 0.25) is 0 Å². The number of ether oxygens (including phenoxy) is 1. The van der Waals surface area contributed by atoms with Crippen molar-refractivity contribution in [1.29, 1.82) is 0 Å². The maximum absolute atomic E-state index is 11.9. The number of methoxy groups -OCH3 is 1. The van der Waals surface area contributed by atoms with Crippen LogP contribution in [0.25, 0.3) is 0 Å². The largest absolute Gasteiger partial charge is 0.480 e. The van der Waals surface area contributed by atoms with Gasteiger partial charge in [-0.15, -0.1) is 0 Å². The van der Waals surface area contributed by atoms with E-state index in [1.807, 2.05) is 12.1 Å². The van der Waals surface area contributed by atoms with Gasteiger partial charge in [0.1, 0.15) is 12.6 Å². The summed E-state index contributed by atoms with van der Waals surface area (Å²) in [5, 5.41) is 9.14. The first kappa shape index (κ1) is 11.6. The maximum Gasteiger partial charge on any atom is 0.327 e. The molecule has 0 fully saturated rings. The minimum atomic E-state index is -0.995. The standard InChI is InChI=1S/C12H13NO4/c1-17-7-11(14)13-9-5-3-2-4-8(9)6-10(13)12(15)16/h2-5,10H,6-7H2,1H3,(H,15,16)/t10-/m0/s1. The monoisotopic (exact) mass is 235 g/mol. The summed E-state index contributed by atoms with van der Waals surface area (Å²) in [7, 11) is 1.41. The Balaban J connectivity index is 2.37. The quantitative estimate of drug-likeness (QED) is 0.836. The number of carbonyl (C=O) groups is 2. The van der Waals surface area contributed by atoms with E-state index in [4.69, 9.17) is 9.84 Å². The van der Waals surface area contributed by atoms with Gasteiger partial charge in [0.05, 0.1) is 0 Å². The zero-order valence-electron chi connectivity index (χ0n) is 9.42. The van der Waals surface area contributed by atoms with Crippen LogP contribution in [0, 0.1) is 0 Å². The van der Waals surface area contributed by atoms with Crippen molar-refractivity contribution in [2.45, 2.75) is 12.5 Å². The predicted octanol–water partition coefficient (Wildman–Crippen LogP) is 0.675. The van der Waals surface area contributed by atoms with E-state index in [-0.39, 0.29) is 12.5 Å². The number of anilines is 1. The molecule has 90 valence electrons. The Labute approximate surface area is 98.6 Å². The first-order valence-electron chi connectivity index (χ1n) is 5.27. The molecule has 1 N–H and O–H groups in total. The molecule has 1 aliphatic heterocycles. The minimum absolute atomic E-state index is 0.113. The molecule has 2 rings (SSSR count). The van der Waals surface area contributed by atoms with Crippen molar-refractivity contribution in [3.05, 3.63) is 29.8 Å². The SMILES string of the molecule is COCC(=O)N1c2ccccc2C[C@H]1C(=O)O. The summed E-state index contributed by atoms with van der Waals surface area (Å²) in [5.41, 5.74) is 1.55. The lowest BCUT2D eigenvalue weighted by atomic mass is 10.1. The van der Waals surface area contributed by atoms with Crippen molar-refractivity contribution in [3.63, 3.8) is 0 Å². The number of hydrogen-bond acceptors (Lipinski definition) is 3. The van der Waals surface area contributed by atoms with Crippen LogP contribution in [-0.4, -0.2) is 36.7 Å². The van der Waals surface area contributed by atoms with Gasteiger partial charge < -0.3 is 9.84 Å². The average Bonchev–Trinajstić information content (AvgIpc) is 2.68. The van der Waals surface area contributed by atoms with E-state index in [1.165, 1.54) is 12.0 Å². The summed E-state index contributed by atoms with van der Waals surface area (Å²) in [5.74, 6) is -1.32. The lowest BCUT2D eigenvalue weighted by Crippen LogP contribution is -2.44. The van der Waals surface area contributed by atoms with Crippen LogP contribution in [0.3, 0.4) is 0 Å². The molecule has 0 spiro atoms. The Hall–Kier alpha value is -1.88. The van der Waals surface area contributed by atoms with Crippen LogP contribution < -0.4 is 4.90 Å². The fourth-order valence-electron chi connectivity index (χ4n) is 2.08. The smallest absolute Gasteiger partial charge is 0.327 e. The van der Waals surface area contributed by atoms with E-state index in [2.05, 4.69) is 0 Å². The summed E-state index contributed by atoms with van der Waals surface area (Å²) < 4.78 is 4.77. The van der Waals surface area contributed by atoms with E-state index in [0.717, 1.165) is 5.56 Å². The average molecular weight is 235 g/mol. The number of carboxylic acid groups (broad SMARTS) is 1. The van der Waals surface area contributed by atoms with Gasteiger partial charge in [-0.25, -0.2) is 4.79 Å². The number of carboxylic acids is 1. The van der Waals surface area contributed by atoms with Crippen LogP contribution in [0.4, 0.5) is 5.69 Å². The molecule has 5 heteroatoms. The van der Waals surface area contributed by atoms with Crippen LogP contribution >= 0.6 is 0 Å². The highest BCUT2D eigenvalue weighted by Crippen LogP contribution is 2.32. The fraction of sp³-hybridized carbons (Fsp3) is 0.333. The van der Waals surface area contributed by atoms with Gasteiger partial charge in [-0.3, -0.25) is 9.69 Å². The second kappa shape index (κ2) is 4.55. The topological polar surface area (TPSA) is 66.8 Å². The molecule has 1 aromatic rings. The molecule has 0 saturated carbocycles. The summed E-state index contributed by atoms with van der Waals surface area (Å²) in [6, 6.07) is 6.39. The highest BCUT2D eigenvalue weighted by molar-refractivity contribution is 6.02. The van der Waals surface area contributed by atoms with Crippen molar-refractivity contribution in [3.8, 4) is 0 Å². The predicted molar refractivity (Wildman–Crippen MR) is 60.9 cm³/mol. The number of amides is 1. The highest BCUT2D eigenvalue weighted by Gasteiger charge is 2.37. The molecule has 0 radical (unpaired) electrons. The molecule has 0 unspecified atom stereocenters. The van der Waals surface area contributed by atoms with Crippen LogP contribution in [0.1, 0.15) is 5.56 Å². The lowest BCUT2D eigenvalue weighted by molar-refractivity contribution is -0.140. The molecule has 0 aliphatic carbocycles. The van der Waals surface area contributed by atoms with Crippen LogP contribution in [-0.2, 0) is 20.7 Å². The molecule has 0 bridgehead atoms. The Morgan fingerprint density at radius 3 is 2.82 bits per heavy atom.